The van der Waals surface area contributed by atoms with Gasteiger partial charge in [0.2, 0.25) is 0 Å². The van der Waals surface area contributed by atoms with Crippen molar-refractivity contribution in [2.45, 2.75) is 0 Å². The van der Waals surface area contributed by atoms with Gasteiger partial charge in [-0.2, -0.15) is 0 Å². The second kappa shape index (κ2) is 3.71. The van der Waals surface area contributed by atoms with Gasteiger partial charge in [-0.15, -0.1) is 6.58 Å². The molecule has 0 amide bonds. The summed E-state index contributed by atoms with van der Waals surface area (Å²) in [5.41, 5.74) is 0. The van der Waals surface area contributed by atoms with Crippen molar-refractivity contribution in [3.8, 4) is 0 Å². The van der Waals surface area contributed by atoms with Gasteiger partial charge in [0.25, 0.3) is 0 Å². The topological polar surface area (TPSA) is 24.9 Å². The second-order valence-corrected chi connectivity index (χ2v) is 2.00. The molecule has 0 aliphatic heterocycles. The number of rotatable bonds is 3. The summed E-state index contributed by atoms with van der Waals surface area (Å²) in [6.07, 6.45) is 3.18. The third-order valence-corrected chi connectivity index (χ3v) is 1.17. The molecule has 0 fully saturated rings. The first kappa shape index (κ1) is 7.72. The molecule has 0 atom stereocenters. The summed E-state index contributed by atoms with van der Waals surface area (Å²) in [6, 6.07) is 2.91. The standard InChI is InChI=1S/C8H9FN2/c1-2-5-10-8-7(9)4-3-6-11-8/h2-4,6H,1,5H2,(H,10,11). The van der Waals surface area contributed by atoms with Gasteiger partial charge >= 0.3 is 0 Å². The Bertz CT molecular complexity index is 248. The van der Waals surface area contributed by atoms with Crippen molar-refractivity contribution in [2.75, 3.05) is 11.9 Å². The Morgan fingerprint density at radius 1 is 1.73 bits per heavy atom. The zero-order chi connectivity index (χ0) is 8.10. The minimum absolute atomic E-state index is 0.271. The number of nitrogens with zero attached hydrogens (tertiary/aromatic N) is 1. The Balaban J connectivity index is 2.69. The molecule has 1 heterocycles. The lowest BCUT2D eigenvalue weighted by Gasteiger charge is -2.01. The first-order chi connectivity index (χ1) is 5.34. The summed E-state index contributed by atoms with van der Waals surface area (Å²) in [6.45, 7) is 4.01. The first-order valence-electron chi connectivity index (χ1n) is 3.30. The van der Waals surface area contributed by atoms with Crippen LogP contribution in [0.25, 0.3) is 0 Å². The third-order valence-electron chi connectivity index (χ3n) is 1.17. The van der Waals surface area contributed by atoms with E-state index in [9.17, 15) is 4.39 Å². The largest absolute Gasteiger partial charge is 0.364 e. The highest BCUT2D eigenvalue weighted by Gasteiger charge is 1.97. The minimum atomic E-state index is -0.339. The van der Waals surface area contributed by atoms with E-state index in [-0.39, 0.29) is 11.6 Å². The SMILES string of the molecule is C=CCNc1ncccc1F. The van der Waals surface area contributed by atoms with Crippen molar-refractivity contribution in [3.05, 3.63) is 36.8 Å². The zero-order valence-electron chi connectivity index (χ0n) is 6.05. The molecule has 11 heavy (non-hydrogen) atoms. The number of hydrogen-bond donors (Lipinski definition) is 1. The fraction of sp³-hybridized carbons (Fsp3) is 0.125. The van der Waals surface area contributed by atoms with E-state index in [1.807, 2.05) is 0 Å². The van der Waals surface area contributed by atoms with Crippen molar-refractivity contribution >= 4 is 5.82 Å². The summed E-state index contributed by atoms with van der Waals surface area (Å²) in [5, 5.41) is 2.76. The van der Waals surface area contributed by atoms with Crippen LogP contribution in [0, 0.1) is 5.82 Å². The Hall–Kier alpha value is -1.38. The Morgan fingerprint density at radius 3 is 3.18 bits per heavy atom. The molecule has 0 aliphatic rings. The molecule has 1 N–H and O–H groups in total. The van der Waals surface area contributed by atoms with Crippen LogP contribution in [0.1, 0.15) is 0 Å². The predicted octanol–water partition coefficient (Wildman–Crippen LogP) is 1.82. The summed E-state index contributed by atoms with van der Waals surface area (Å²) in [7, 11) is 0. The van der Waals surface area contributed by atoms with E-state index in [0.717, 1.165) is 0 Å². The molecule has 0 radical (unpaired) electrons. The van der Waals surface area contributed by atoms with E-state index >= 15 is 0 Å². The molecule has 1 aromatic rings. The number of hydrogen-bond acceptors (Lipinski definition) is 2. The molecule has 0 unspecified atom stereocenters. The summed E-state index contributed by atoms with van der Waals surface area (Å²) < 4.78 is 12.8. The Labute approximate surface area is 64.8 Å². The van der Waals surface area contributed by atoms with Gasteiger partial charge in [-0.05, 0) is 12.1 Å². The first-order valence-corrected chi connectivity index (χ1v) is 3.30. The Kier molecular flexibility index (Phi) is 2.60. The highest BCUT2D eigenvalue weighted by atomic mass is 19.1. The van der Waals surface area contributed by atoms with Crippen molar-refractivity contribution in [2.24, 2.45) is 0 Å². The average Bonchev–Trinajstić information content (AvgIpc) is 2.03. The van der Waals surface area contributed by atoms with Crippen LogP contribution in [-0.4, -0.2) is 11.5 Å². The molecule has 0 saturated heterocycles. The van der Waals surface area contributed by atoms with Gasteiger partial charge in [0.05, 0.1) is 0 Å². The summed E-state index contributed by atoms with van der Waals surface area (Å²) >= 11 is 0. The van der Waals surface area contributed by atoms with Crippen LogP contribution in [0.5, 0.6) is 0 Å². The van der Waals surface area contributed by atoms with Gasteiger partial charge in [-0.25, -0.2) is 9.37 Å². The molecule has 0 saturated carbocycles. The number of nitrogens with one attached hydrogen (secondary N) is 1. The number of anilines is 1. The maximum absolute atomic E-state index is 12.8. The van der Waals surface area contributed by atoms with Crippen molar-refractivity contribution in [3.63, 3.8) is 0 Å². The average molecular weight is 152 g/mol. The molecule has 0 aromatic carbocycles. The highest BCUT2D eigenvalue weighted by Crippen LogP contribution is 2.06. The fourth-order valence-electron chi connectivity index (χ4n) is 0.685. The van der Waals surface area contributed by atoms with Crippen LogP contribution in [-0.2, 0) is 0 Å². The Morgan fingerprint density at radius 2 is 2.55 bits per heavy atom. The van der Waals surface area contributed by atoms with Crippen LogP contribution < -0.4 is 5.32 Å². The van der Waals surface area contributed by atoms with Crippen molar-refractivity contribution < 1.29 is 4.39 Å². The summed E-state index contributed by atoms with van der Waals surface area (Å²) in [5.74, 6) is -0.0678. The molecular weight excluding hydrogens is 143 g/mol. The number of pyridine rings is 1. The predicted molar refractivity (Wildman–Crippen MR) is 42.9 cm³/mol. The molecule has 1 rings (SSSR count). The van der Waals surface area contributed by atoms with Crippen LogP contribution in [0.4, 0.5) is 10.2 Å². The summed E-state index contributed by atoms with van der Waals surface area (Å²) in [4.78, 5) is 3.78. The van der Waals surface area contributed by atoms with Crippen LogP contribution >= 0.6 is 0 Å². The van der Waals surface area contributed by atoms with E-state index in [2.05, 4.69) is 16.9 Å². The molecular formula is C8H9FN2. The van der Waals surface area contributed by atoms with Crippen molar-refractivity contribution in [1.29, 1.82) is 0 Å². The molecule has 0 aliphatic carbocycles. The molecule has 1 aromatic heterocycles. The quantitative estimate of drug-likeness (QED) is 0.668. The lowest BCUT2D eigenvalue weighted by Crippen LogP contribution is -2.01. The maximum Gasteiger partial charge on any atom is 0.165 e. The lowest BCUT2D eigenvalue weighted by atomic mass is 10.4. The van der Waals surface area contributed by atoms with E-state index in [0.29, 0.717) is 6.54 Å². The van der Waals surface area contributed by atoms with Gasteiger partial charge in [0.15, 0.2) is 11.6 Å². The van der Waals surface area contributed by atoms with Crippen LogP contribution in [0.15, 0.2) is 31.0 Å². The van der Waals surface area contributed by atoms with E-state index in [1.54, 1.807) is 12.1 Å². The minimum Gasteiger partial charge on any atom is -0.364 e. The molecule has 0 spiro atoms. The lowest BCUT2D eigenvalue weighted by molar-refractivity contribution is 0.625. The third kappa shape index (κ3) is 2.04. The van der Waals surface area contributed by atoms with Gasteiger partial charge in [0.1, 0.15) is 0 Å². The van der Waals surface area contributed by atoms with Gasteiger partial charge in [-0.3, -0.25) is 0 Å². The number of halogens is 1. The number of aromatic nitrogens is 1. The van der Waals surface area contributed by atoms with Gasteiger partial charge < -0.3 is 5.32 Å². The van der Waals surface area contributed by atoms with Gasteiger partial charge in [0, 0.05) is 12.7 Å². The van der Waals surface area contributed by atoms with E-state index < -0.39 is 0 Å². The van der Waals surface area contributed by atoms with E-state index in [4.69, 9.17) is 0 Å². The molecule has 3 heteroatoms. The van der Waals surface area contributed by atoms with Crippen molar-refractivity contribution in [1.82, 2.24) is 4.98 Å². The fourth-order valence-corrected chi connectivity index (χ4v) is 0.685. The maximum atomic E-state index is 12.8. The van der Waals surface area contributed by atoms with Crippen LogP contribution in [0.2, 0.25) is 0 Å². The van der Waals surface area contributed by atoms with E-state index in [1.165, 1.54) is 12.3 Å². The molecule has 58 valence electrons. The molecule has 0 bridgehead atoms. The zero-order valence-corrected chi connectivity index (χ0v) is 6.05. The monoisotopic (exact) mass is 152 g/mol. The second-order valence-electron chi connectivity index (χ2n) is 2.00. The molecule has 2 nitrogen and oxygen atoms in total. The van der Waals surface area contributed by atoms with Crippen LogP contribution in [0.3, 0.4) is 0 Å². The highest BCUT2D eigenvalue weighted by molar-refractivity contribution is 5.35. The van der Waals surface area contributed by atoms with Gasteiger partial charge in [-0.1, -0.05) is 6.08 Å². The smallest absolute Gasteiger partial charge is 0.165 e. The normalized spacial score (nSPS) is 9.18.